The van der Waals surface area contributed by atoms with Crippen molar-refractivity contribution in [3.63, 3.8) is 0 Å². The minimum atomic E-state index is 0.520. The lowest BCUT2D eigenvalue weighted by atomic mass is 10.0. The van der Waals surface area contributed by atoms with E-state index in [9.17, 15) is 0 Å². The van der Waals surface area contributed by atoms with E-state index in [-0.39, 0.29) is 0 Å². The predicted octanol–water partition coefficient (Wildman–Crippen LogP) is 1.50. The lowest BCUT2D eigenvalue weighted by Gasteiger charge is -2.10. The second kappa shape index (κ2) is 5.07. The van der Waals surface area contributed by atoms with E-state index in [1.54, 1.807) is 0 Å². The summed E-state index contributed by atoms with van der Waals surface area (Å²) in [6, 6.07) is 9.18. The van der Waals surface area contributed by atoms with Gasteiger partial charge in [0.2, 0.25) is 0 Å². The molecule has 1 aliphatic heterocycles. The molecule has 0 bridgehead atoms. The quantitative estimate of drug-likeness (QED) is 0.729. The van der Waals surface area contributed by atoms with E-state index in [2.05, 4.69) is 28.8 Å². The minimum absolute atomic E-state index is 0.520. The van der Waals surface area contributed by atoms with Crippen LogP contribution < -0.4 is 15.4 Å². The van der Waals surface area contributed by atoms with E-state index in [0.717, 1.165) is 38.0 Å². The smallest absolute Gasteiger partial charge is 0.122 e. The first-order chi connectivity index (χ1) is 8.43. The van der Waals surface area contributed by atoms with Gasteiger partial charge in [0, 0.05) is 37.2 Å². The van der Waals surface area contributed by atoms with Gasteiger partial charge in [-0.2, -0.15) is 0 Å². The minimum Gasteiger partial charge on any atom is -0.493 e. The maximum Gasteiger partial charge on any atom is 0.122 e. The molecule has 3 rings (SSSR count). The molecule has 1 aliphatic carbocycles. The Morgan fingerprint density at radius 3 is 2.94 bits per heavy atom. The zero-order valence-corrected chi connectivity index (χ0v) is 10.1. The fourth-order valence-electron chi connectivity index (χ4n) is 2.33. The number of hydrogen-bond acceptors (Lipinski definition) is 3. The number of nitrogens with one attached hydrogen (secondary N) is 2. The van der Waals surface area contributed by atoms with Gasteiger partial charge in [0.25, 0.3) is 0 Å². The first-order valence-corrected chi connectivity index (χ1v) is 6.59. The number of hydrogen-bond donors (Lipinski definition) is 2. The Morgan fingerprint density at radius 2 is 2.06 bits per heavy atom. The highest BCUT2D eigenvalue weighted by atomic mass is 16.5. The van der Waals surface area contributed by atoms with Crippen LogP contribution in [-0.4, -0.2) is 32.3 Å². The van der Waals surface area contributed by atoms with Crippen molar-refractivity contribution in [1.82, 2.24) is 10.6 Å². The van der Waals surface area contributed by atoms with Crippen molar-refractivity contribution in [2.45, 2.75) is 24.8 Å². The molecule has 1 saturated carbocycles. The summed E-state index contributed by atoms with van der Waals surface area (Å²) in [5.41, 5.74) is 1.36. The molecule has 1 aromatic carbocycles. The normalized spacial score (nSPS) is 22.2. The van der Waals surface area contributed by atoms with Gasteiger partial charge < -0.3 is 15.4 Å². The van der Waals surface area contributed by atoms with Crippen LogP contribution in [-0.2, 0) is 0 Å². The van der Waals surface area contributed by atoms with Crippen LogP contribution in [0.1, 0.15) is 24.3 Å². The Bertz CT molecular complexity index is 376. The highest BCUT2D eigenvalue weighted by Crippen LogP contribution is 2.32. The Balaban J connectivity index is 1.40. The highest BCUT2D eigenvalue weighted by Gasteiger charge is 2.23. The molecule has 2 aliphatic rings. The number of benzene rings is 1. The zero-order chi connectivity index (χ0) is 11.5. The number of fused-ring (bicyclic) bond motifs is 1. The van der Waals surface area contributed by atoms with E-state index in [0.29, 0.717) is 5.92 Å². The van der Waals surface area contributed by atoms with Gasteiger partial charge in [-0.3, -0.25) is 0 Å². The highest BCUT2D eigenvalue weighted by molar-refractivity contribution is 5.39. The zero-order valence-electron chi connectivity index (χ0n) is 10.1. The van der Waals surface area contributed by atoms with E-state index in [4.69, 9.17) is 4.74 Å². The summed E-state index contributed by atoms with van der Waals surface area (Å²) in [6.45, 7) is 3.97. The molecule has 1 heterocycles. The summed E-state index contributed by atoms with van der Waals surface area (Å²) in [5.74, 6) is 1.59. The molecular weight excluding hydrogens is 212 g/mol. The molecule has 1 atom stereocenters. The van der Waals surface area contributed by atoms with Gasteiger partial charge in [0.05, 0.1) is 6.61 Å². The predicted molar refractivity (Wildman–Crippen MR) is 68.6 cm³/mol. The number of para-hydroxylation sites is 1. The summed E-state index contributed by atoms with van der Waals surface area (Å²) < 4.78 is 5.66. The molecule has 0 amide bonds. The second-order valence-corrected chi connectivity index (χ2v) is 4.98. The van der Waals surface area contributed by atoms with Gasteiger partial charge in [-0.25, -0.2) is 0 Å². The molecule has 0 spiro atoms. The van der Waals surface area contributed by atoms with E-state index >= 15 is 0 Å². The molecule has 17 heavy (non-hydrogen) atoms. The van der Waals surface area contributed by atoms with Crippen LogP contribution >= 0.6 is 0 Å². The lowest BCUT2D eigenvalue weighted by Crippen LogP contribution is -2.31. The van der Waals surface area contributed by atoms with Crippen LogP contribution in [0.3, 0.4) is 0 Å². The molecule has 3 heteroatoms. The average molecular weight is 232 g/mol. The average Bonchev–Trinajstić information content (AvgIpc) is 3.09. The molecule has 1 fully saturated rings. The monoisotopic (exact) mass is 232 g/mol. The van der Waals surface area contributed by atoms with Gasteiger partial charge in [-0.05, 0) is 18.9 Å². The molecule has 0 radical (unpaired) electrons. The largest absolute Gasteiger partial charge is 0.493 e. The Labute approximate surface area is 103 Å². The van der Waals surface area contributed by atoms with Gasteiger partial charge in [0.15, 0.2) is 0 Å². The summed E-state index contributed by atoms with van der Waals surface area (Å²) in [4.78, 5) is 0. The Hall–Kier alpha value is -1.06. The Morgan fingerprint density at radius 1 is 1.18 bits per heavy atom. The molecule has 1 unspecified atom stereocenters. The Kier molecular flexibility index (Phi) is 3.29. The second-order valence-electron chi connectivity index (χ2n) is 4.98. The van der Waals surface area contributed by atoms with Crippen LogP contribution in [0.4, 0.5) is 0 Å². The van der Waals surface area contributed by atoms with Crippen molar-refractivity contribution in [1.29, 1.82) is 0 Å². The van der Waals surface area contributed by atoms with Crippen molar-refractivity contribution >= 4 is 0 Å². The van der Waals surface area contributed by atoms with Crippen molar-refractivity contribution in [2.24, 2.45) is 0 Å². The van der Waals surface area contributed by atoms with Gasteiger partial charge in [-0.15, -0.1) is 0 Å². The molecule has 0 aromatic heterocycles. The van der Waals surface area contributed by atoms with Gasteiger partial charge in [-0.1, -0.05) is 18.2 Å². The molecule has 3 nitrogen and oxygen atoms in total. The van der Waals surface area contributed by atoms with Crippen LogP contribution in [0.2, 0.25) is 0 Å². The van der Waals surface area contributed by atoms with E-state index < -0.39 is 0 Å². The SMILES string of the molecule is c1ccc2c(c1)OCC2CNCCNC1CC1. The van der Waals surface area contributed by atoms with Crippen LogP contribution in [0, 0.1) is 0 Å². The standard InChI is InChI=1S/C14H20N2O/c1-2-4-14-13(3-1)11(10-17-14)9-15-7-8-16-12-5-6-12/h1-4,11-12,15-16H,5-10H2. The maximum atomic E-state index is 5.66. The third-order valence-corrected chi connectivity index (χ3v) is 3.50. The summed E-state index contributed by atoms with van der Waals surface area (Å²) >= 11 is 0. The van der Waals surface area contributed by atoms with Crippen molar-refractivity contribution in [3.8, 4) is 5.75 Å². The summed E-state index contributed by atoms with van der Waals surface area (Å²) in [7, 11) is 0. The van der Waals surface area contributed by atoms with E-state index in [1.807, 2.05) is 6.07 Å². The van der Waals surface area contributed by atoms with Crippen LogP contribution in [0.25, 0.3) is 0 Å². The van der Waals surface area contributed by atoms with Gasteiger partial charge in [0.1, 0.15) is 5.75 Å². The fourth-order valence-corrected chi connectivity index (χ4v) is 2.33. The lowest BCUT2D eigenvalue weighted by molar-refractivity contribution is 0.326. The molecule has 0 saturated heterocycles. The molecular formula is C14H20N2O. The summed E-state index contributed by atoms with van der Waals surface area (Å²) in [6.07, 6.45) is 2.73. The van der Waals surface area contributed by atoms with Crippen molar-refractivity contribution in [2.75, 3.05) is 26.2 Å². The van der Waals surface area contributed by atoms with E-state index in [1.165, 1.54) is 18.4 Å². The number of rotatable bonds is 6. The van der Waals surface area contributed by atoms with Crippen molar-refractivity contribution in [3.05, 3.63) is 29.8 Å². The molecule has 2 N–H and O–H groups in total. The topological polar surface area (TPSA) is 33.3 Å². The molecule has 1 aromatic rings. The van der Waals surface area contributed by atoms with Crippen LogP contribution in [0.15, 0.2) is 24.3 Å². The third kappa shape index (κ3) is 2.79. The first-order valence-electron chi connectivity index (χ1n) is 6.59. The molecule has 92 valence electrons. The van der Waals surface area contributed by atoms with Crippen molar-refractivity contribution < 1.29 is 4.74 Å². The first kappa shape index (κ1) is 11.1. The summed E-state index contributed by atoms with van der Waals surface area (Å²) in [5, 5.41) is 7.02. The maximum absolute atomic E-state index is 5.66. The van der Waals surface area contributed by atoms with Crippen LogP contribution in [0.5, 0.6) is 5.75 Å². The third-order valence-electron chi connectivity index (χ3n) is 3.50. The fraction of sp³-hybridized carbons (Fsp3) is 0.571. The number of ether oxygens (including phenoxy) is 1. The van der Waals surface area contributed by atoms with Gasteiger partial charge >= 0.3 is 0 Å².